The van der Waals surface area contributed by atoms with Crippen LogP contribution in [-0.2, 0) is 4.74 Å². The summed E-state index contributed by atoms with van der Waals surface area (Å²) in [6.07, 6.45) is 5.52. The van der Waals surface area contributed by atoms with Crippen molar-refractivity contribution in [2.45, 2.75) is 32.8 Å². The Labute approximate surface area is 91.8 Å². The lowest BCUT2D eigenvalue weighted by atomic mass is 10.2. The molecule has 0 aliphatic rings. The highest BCUT2D eigenvalue weighted by Gasteiger charge is 2.15. The summed E-state index contributed by atoms with van der Waals surface area (Å²) < 4.78 is 5.06. The van der Waals surface area contributed by atoms with Crippen molar-refractivity contribution in [2.75, 3.05) is 19.6 Å². The molecule has 0 rings (SSSR count). The zero-order valence-electron chi connectivity index (χ0n) is 9.72. The molecule has 0 aromatic rings. The lowest BCUT2D eigenvalue weighted by Gasteiger charge is -2.19. The minimum atomic E-state index is -0.439. The lowest BCUT2D eigenvalue weighted by Crippen LogP contribution is -2.33. The van der Waals surface area contributed by atoms with E-state index in [1.54, 1.807) is 0 Å². The summed E-state index contributed by atoms with van der Waals surface area (Å²) in [7, 11) is 0. The van der Waals surface area contributed by atoms with Gasteiger partial charge in [0.2, 0.25) is 0 Å². The van der Waals surface area contributed by atoms with Crippen molar-refractivity contribution >= 4 is 6.09 Å². The highest BCUT2D eigenvalue weighted by Crippen LogP contribution is 2.06. The van der Waals surface area contributed by atoms with Gasteiger partial charge < -0.3 is 15.4 Å². The Balaban J connectivity index is 3.37. The topological polar surface area (TPSA) is 50.4 Å². The molecule has 0 aromatic carbocycles. The molecule has 0 spiro atoms. The van der Waals surface area contributed by atoms with Crippen LogP contribution in [0.2, 0.25) is 0 Å². The summed E-state index contributed by atoms with van der Waals surface area (Å²) in [6.45, 7) is 7.45. The van der Waals surface area contributed by atoms with Gasteiger partial charge in [0.1, 0.15) is 5.60 Å². The summed E-state index contributed by atoms with van der Waals surface area (Å²) >= 11 is 0. The number of carbonyl (C=O) groups is 1. The summed E-state index contributed by atoms with van der Waals surface area (Å²) in [6, 6.07) is 0. The van der Waals surface area contributed by atoms with Gasteiger partial charge in [0.05, 0.1) is 6.54 Å². The normalized spacial score (nSPS) is 10.5. The molecule has 0 unspecified atom stereocenters. The maximum Gasteiger partial charge on any atom is 0.407 e. The van der Waals surface area contributed by atoms with Crippen LogP contribution >= 0.6 is 0 Å². The molecule has 0 radical (unpaired) electrons. The van der Waals surface area contributed by atoms with E-state index in [9.17, 15) is 4.79 Å². The summed E-state index contributed by atoms with van der Waals surface area (Å²) in [5.74, 6) is 2.48. The van der Waals surface area contributed by atoms with Gasteiger partial charge in [0, 0.05) is 6.54 Å². The number of rotatable bonds is 5. The van der Waals surface area contributed by atoms with Crippen molar-refractivity contribution in [3.05, 3.63) is 0 Å². The van der Waals surface area contributed by atoms with Crippen LogP contribution in [0.5, 0.6) is 0 Å². The Morgan fingerprint density at radius 1 is 1.40 bits per heavy atom. The van der Waals surface area contributed by atoms with Crippen LogP contribution in [0.4, 0.5) is 4.79 Å². The number of terminal acetylenes is 1. The fourth-order valence-electron chi connectivity index (χ4n) is 0.879. The molecule has 1 amide bonds. The van der Waals surface area contributed by atoms with Crippen LogP contribution in [-0.4, -0.2) is 31.3 Å². The minimum Gasteiger partial charge on any atom is -0.444 e. The molecule has 0 heterocycles. The maximum atomic E-state index is 11.2. The molecule has 0 saturated carbocycles. The van der Waals surface area contributed by atoms with E-state index in [0.717, 1.165) is 13.0 Å². The van der Waals surface area contributed by atoms with Gasteiger partial charge in [-0.1, -0.05) is 5.92 Å². The first kappa shape index (κ1) is 13.8. The number of amides is 1. The molecule has 4 heteroatoms. The molecule has 0 bridgehead atoms. The van der Waals surface area contributed by atoms with Crippen LogP contribution in [0.3, 0.4) is 0 Å². The molecule has 86 valence electrons. The van der Waals surface area contributed by atoms with Gasteiger partial charge in [-0.05, 0) is 33.7 Å². The largest absolute Gasteiger partial charge is 0.444 e. The van der Waals surface area contributed by atoms with Crippen LogP contribution in [0, 0.1) is 12.3 Å². The highest BCUT2D eigenvalue weighted by atomic mass is 16.6. The lowest BCUT2D eigenvalue weighted by molar-refractivity contribution is 0.0527. The molecular formula is C11H20N2O2. The molecule has 0 atom stereocenters. The van der Waals surface area contributed by atoms with E-state index in [2.05, 4.69) is 16.6 Å². The zero-order valence-corrected chi connectivity index (χ0v) is 9.72. The number of carbonyl (C=O) groups excluding carboxylic acids is 1. The van der Waals surface area contributed by atoms with Crippen molar-refractivity contribution in [1.29, 1.82) is 0 Å². The van der Waals surface area contributed by atoms with E-state index in [4.69, 9.17) is 11.2 Å². The first-order valence-electron chi connectivity index (χ1n) is 5.07. The molecule has 0 aromatic heterocycles. The number of alkyl carbamates (subject to hydrolysis) is 1. The summed E-state index contributed by atoms with van der Waals surface area (Å²) in [5, 5.41) is 5.69. The molecule has 2 N–H and O–H groups in total. The second-order valence-corrected chi connectivity index (χ2v) is 4.16. The second kappa shape index (κ2) is 7.13. The summed E-state index contributed by atoms with van der Waals surface area (Å²) in [5.41, 5.74) is -0.439. The van der Waals surface area contributed by atoms with Crippen molar-refractivity contribution in [2.24, 2.45) is 0 Å². The minimum absolute atomic E-state index is 0.376. The van der Waals surface area contributed by atoms with Crippen molar-refractivity contribution in [3.63, 3.8) is 0 Å². The molecule has 15 heavy (non-hydrogen) atoms. The zero-order chi connectivity index (χ0) is 11.7. The predicted octanol–water partition coefficient (Wildman–Crippen LogP) is 1.12. The second-order valence-electron chi connectivity index (χ2n) is 4.16. The smallest absolute Gasteiger partial charge is 0.407 e. The molecule has 0 aliphatic heterocycles. The third-order valence-corrected chi connectivity index (χ3v) is 1.43. The maximum absolute atomic E-state index is 11.2. The predicted molar refractivity (Wildman–Crippen MR) is 60.6 cm³/mol. The van der Waals surface area contributed by atoms with Gasteiger partial charge in [0.25, 0.3) is 0 Å². The van der Waals surface area contributed by atoms with Gasteiger partial charge >= 0.3 is 6.09 Å². The molecule has 0 saturated heterocycles. The molecule has 0 aliphatic carbocycles. The van der Waals surface area contributed by atoms with E-state index in [1.165, 1.54) is 0 Å². The van der Waals surface area contributed by atoms with Gasteiger partial charge in [-0.15, -0.1) is 6.42 Å². The number of nitrogens with one attached hydrogen (secondary N) is 2. The van der Waals surface area contributed by atoms with Gasteiger partial charge in [-0.2, -0.15) is 0 Å². The van der Waals surface area contributed by atoms with Gasteiger partial charge in [-0.3, -0.25) is 0 Å². The Morgan fingerprint density at radius 2 is 2.07 bits per heavy atom. The quantitative estimate of drug-likeness (QED) is 0.530. The van der Waals surface area contributed by atoms with Crippen LogP contribution in [0.1, 0.15) is 27.2 Å². The standard InChI is InChI=1S/C11H20N2O2/c1-5-7-12-8-6-9-13-10(14)15-11(2,3)4/h1,12H,6-9H2,2-4H3,(H,13,14). The Morgan fingerprint density at radius 3 is 2.60 bits per heavy atom. The van der Waals surface area contributed by atoms with Crippen molar-refractivity contribution in [3.8, 4) is 12.3 Å². The molecule has 4 nitrogen and oxygen atoms in total. The van der Waals surface area contributed by atoms with Gasteiger partial charge in [0.15, 0.2) is 0 Å². The fraction of sp³-hybridized carbons (Fsp3) is 0.727. The summed E-state index contributed by atoms with van der Waals surface area (Å²) in [4.78, 5) is 11.2. The van der Waals surface area contributed by atoms with E-state index < -0.39 is 5.60 Å². The Kier molecular flexibility index (Phi) is 6.56. The van der Waals surface area contributed by atoms with E-state index in [1.807, 2.05) is 20.8 Å². The van der Waals surface area contributed by atoms with Gasteiger partial charge in [-0.25, -0.2) is 4.79 Å². The highest BCUT2D eigenvalue weighted by molar-refractivity contribution is 5.67. The monoisotopic (exact) mass is 212 g/mol. The molecular weight excluding hydrogens is 192 g/mol. The number of hydrogen-bond acceptors (Lipinski definition) is 3. The average molecular weight is 212 g/mol. The first-order chi connectivity index (χ1) is 6.95. The average Bonchev–Trinajstić information content (AvgIpc) is 2.08. The Bertz CT molecular complexity index is 226. The first-order valence-corrected chi connectivity index (χ1v) is 5.07. The SMILES string of the molecule is C#CCNCCCNC(=O)OC(C)(C)C. The Hall–Kier alpha value is -1.21. The van der Waals surface area contributed by atoms with Crippen molar-refractivity contribution < 1.29 is 9.53 Å². The van der Waals surface area contributed by atoms with E-state index in [-0.39, 0.29) is 6.09 Å². The third-order valence-electron chi connectivity index (χ3n) is 1.43. The number of hydrogen-bond donors (Lipinski definition) is 2. The van der Waals surface area contributed by atoms with Crippen LogP contribution in [0.25, 0.3) is 0 Å². The van der Waals surface area contributed by atoms with E-state index in [0.29, 0.717) is 13.1 Å². The van der Waals surface area contributed by atoms with Crippen LogP contribution in [0.15, 0.2) is 0 Å². The third kappa shape index (κ3) is 10.7. The molecule has 0 fully saturated rings. The number of ether oxygens (including phenoxy) is 1. The van der Waals surface area contributed by atoms with E-state index >= 15 is 0 Å². The fourth-order valence-corrected chi connectivity index (χ4v) is 0.879. The van der Waals surface area contributed by atoms with Crippen molar-refractivity contribution in [1.82, 2.24) is 10.6 Å². The van der Waals surface area contributed by atoms with Crippen LogP contribution < -0.4 is 10.6 Å².